The number of nitrogens with zero attached hydrogens (tertiary/aromatic N) is 1. The van der Waals surface area contributed by atoms with E-state index >= 15 is 0 Å². The minimum Gasteiger partial charge on any atom is -0.355 e. The molecule has 5 nitrogen and oxygen atoms in total. The Morgan fingerprint density at radius 1 is 1.53 bits per heavy atom. The van der Waals surface area contributed by atoms with Gasteiger partial charge in [0.2, 0.25) is 11.8 Å². The van der Waals surface area contributed by atoms with Crippen LogP contribution in [0.15, 0.2) is 0 Å². The minimum absolute atomic E-state index is 0. The summed E-state index contributed by atoms with van der Waals surface area (Å²) in [6.45, 7) is 4.02. The van der Waals surface area contributed by atoms with E-state index in [9.17, 15) is 9.59 Å². The number of nitrogens with one attached hydrogen (secondary N) is 1. The summed E-state index contributed by atoms with van der Waals surface area (Å²) >= 11 is 0. The highest BCUT2D eigenvalue weighted by Crippen LogP contribution is 2.19. The van der Waals surface area contributed by atoms with Gasteiger partial charge in [-0.15, -0.1) is 12.4 Å². The molecule has 2 amide bonds. The standard InChI is InChI=1S/C11H19N3O2.ClH/c1-7-6-14(3-2-9(7)12)11(16)8-4-10(15)13-5-8;/h7-9H,2-6,12H2,1H3,(H,13,15);1H. The molecule has 2 aliphatic heterocycles. The number of hydrogen-bond donors (Lipinski definition) is 2. The van der Waals surface area contributed by atoms with Gasteiger partial charge in [-0.25, -0.2) is 0 Å². The summed E-state index contributed by atoms with van der Waals surface area (Å²) < 4.78 is 0. The Balaban J connectivity index is 0.00000144. The molecule has 0 aromatic carbocycles. The van der Waals surface area contributed by atoms with Gasteiger partial charge in [0.25, 0.3) is 0 Å². The maximum absolute atomic E-state index is 12.1. The molecule has 2 saturated heterocycles. The van der Waals surface area contributed by atoms with Crippen LogP contribution in [0.5, 0.6) is 0 Å². The highest BCUT2D eigenvalue weighted by atomic mass is 35.5. The maximum Gasteiger partial charge on any atom is 0.227 e. The second-order valence-electron chi connectivity index (χ2n) is 4.92. The summed E-state index contributed by atoms with van der Waals surface area (Å²) in [5.41, 5.74) is 5.91. The van der Waals surface area contributed by atoms with Crippen LogP contribution in [0.4, 0.5) is 0 Å². The summed E-state index contributed by atoms with van der Waals surface area (Å²) in [5.74, 6) is 0.286. The van der Waals surface area contributed by atoms with E-state index < -0.39 is 0 Å². The normalized spacial score (nSPS) is 32.9. The third-order valence-electron chi connectivity index (χ3n) is 3.61. The van der Waals surface area contributed by atoms with E-state index in [1.54, 1.807) is 0 Å². The lowest BCUT2D eigenvalue weighted by Gasteiger charge is -2.36. The fraction of sp³-hybridized carbons (Fsp3) is 0.818. The molecule has 2 rings (SSSR count). The summed E-state index contributed by atoms with van der Waals surface area (Å²) in [7, 11) is 0. The largest absolute Gasteiger partial charge is 0.355 e. The van der Waals surface area contributed by atoms with Crippen molar-refractivity contribution in [3.05, 3.63) is 0 Å². The number of carbonyl (C=O) groups is 2. The van der Waals surface area contributed by atoms with Gasteiger partial charge in [-0.1, -0.05) is 6.92 Å². The summed E-state index contributed by atoms with van der Waals surface area (Å²) in [6.07, 6.45) is 1.21. The van der Waals surface area contributed by atoms with E-state index in [0.29, 0.717) is 18.9 Å². The highest BCUT2D eigenvalue weighted by molar-refractivity contribution is 5.89. The first kappa shape index (κ1) is 14.3. The second kappa shape index (κ2) is 5.69. The molecule has 0 radical (unpaired) electrons. The van der Waals surface area contributed by atoms with Crippen molar-refractivity contribution in [3.8, 4) is 0 Å². The van der Waals surface area contributed by atoms with Crippen LogP contribution in [0.2, 0.25) is 0 Å². The first-order chi connectivity index (χ1) is 7.58. The van der Waals surface area contributed by atoms with Crippen LogP contribution in [0.1, 0.15) is 19.8 Å². The molecule has 0 aromatic rings. The molecule has 17 heavy (non-hydrogen) atoms. The zero-order valence-corrected chi connectivity index (χ0v) is 10.8. The molecule has 2 heterocycles. The zero-order chi connectivity index (χ0) is 11.7. The van der Waals surface area contributed by atoms with Gasteiger partial charge < -0.3 is 16.0 Å². The van der Waals surface area contributed by atoms with Crippen LogP contribution in [-0.2, 0) is 9.59 Å². The summed E-state index contributed by atoms with van der Waals surface area (Å²) in [4.78, 5) is 25.0. The van der Waals surface area contributed by atoms with Crippen LogP contribution in [0.3, 0.4) is 0 Å². The van der Waals surface area contributed by atoms with Crippen molar-refractivity contribution >= 4 is 24.2 Å². The second-order valence-corrected chi connectivity index (χ2v) is 4.92. The Labute approximate surface area is 108 Å². The average molecular weight is 262 g/mol. The molecule has 2 fully saturated rings. The van der Waals surface area contributed by atoms with Gasteiger partial charge in [0.1, 0.15) is 0 Å². The van der Waals surface area contributed by atoms with Gasteiger partial charge >= 0.3 is 0 Å². The number of halogens is 1. The molecule has 0 aliphatic carbocycles. The highest BCUT2D eigenvalue weighted by Gasteiger charge is 2.34. The molecule has 0 bridgehead atoms. The van der Waals surface area contributed by atoms with E-state index in [-0.39, 0.29) is 36.2 Å². The third-order valence-corrected chi connectivity index (χ3v) is 3.61. The lowest BCUT2D eigenvalue weighted by Crippen LogP contribution is -2.50. The Kier molecular flexibility index (Phi) is 4.77. The smallest absolute Gasteiger partial charge is 0.227 e. The minimum atomic E-state index is -0.158. The Hall–Kier alpha value is -0.810. The van der Waals surface area contributed by atoms with Gasteiger partial charge in [-0.3, -0.25) is 9.59 Å². The monoisotopic (exact) mass is 261 g/mol. The van der Waals surface area contributed by atoms with Crippen molar-refractivity contribution in [1.29, 1.82) is 0 Å². The number of nitrogens with two attached hydrogens (primary N) is 1. The van der Waals surface area contributed by atoms with Gasteiger partial charge in [0, 0.05) is 32.1 Å². The first-order valence-electron chi connectivity index (χ1n) is 5.89. The van der Waals surface area contributed by atoms with Crippen LogP contribution in [0, 0.1) is 11.8 Å². The van der Waals surface area contributed by atoms with E-state index in [1.807, 2.05) is 4.90 Å². The van der Waals surface area contributed by atoms with Crippen molar-refractivity contribution < 1.29 is 9.59 Å². The Morgan fingerprint density at radius 2 is 2.24 bits per heavy atom. The molecule has 0 spiro atoms. The first-order valence-corrected chi connectivity index (χ1v) is 5.89. The third kappa shape index (κ3) is 3.10. The quantitative estimate of drug-likeness (QED) is 0.683. The predicted octanol–water partition coefficient (Wildman–Crippen LogP) is -0.260. The molecule has 3 unspecified atom stereocenters. The number of amides is 2. The SMILES string of the molecule is CC1CN(C(=O)C2CNC(=O)C2)CCC1N.Cl. The van der Waals surface area contributed by atoms with Crippen molar-refractivity contribution in [2.75, 3.05) is 19.6 Å². The van der Waals surface area contributed by atoms with E-state index in [1.165, 1.54) is 0 Å². The number of hydrogen-bond acceptors (Lipinski definition) is 3. The van der Waals surface area contributed by atoms with Crippen LogP contribution in [0.25, 0.3) is 0 Å². The number of likely N-dealkylation sites (tertiary alicyclic amines) is 1. The van der Waals surface area contributed by atoms with Gasteiger partial charge in [-0.05, 0) is 12.3 Å². The molecule has 3 atom stereocenters. The van der Waals surface area contributed by atoms with E-state index in [4.69, 9.17) is 5.73 Å². The molecule has 0 aromatic heterocycles. The van der Waals surface area contributed by atoms with E-state index in [0.717, 1.165) is 19.5 Å². The Morgan fingerprint density at radius 3 is 2.76 bits per heavy atom. The molecule has 3 N–H and O–H groups in total. The van der Waals surface area contributed by atoms with Gasteiger partial charge in [-0.2, -0.15) is 0 Å². The van der Waals surface area contributed by atoms with Crippen LogP contribution in [-0.4, -0.2) is 42.4 Å². The lowest BCUT2D eigenvalue weighted by atomic mass is 9.93. The van der Waals surface area contributed by atoms with Gasteiger partial charge in [0.05, 0.1) is 5.92 Å². The van der Waals surface area contributed by atoms with Crippen molar-refractivity contribution in [1.82, 2.24) is 10.2 Å². The average Bonchev–Trinajstić information content (AvgIpc) is 2.68. The molecule has 98 valence electrons. The zero-order valence-electron chi connectivity index (χ0n) is 10.0. The number of piperidine rings is 1. The van der Waals surface area contributed by atoms with Crippen LogP contribution >= 0.6 is 12.4 Å². The molecule has 6 heteroatoms. The van der Waals surface area contributed by atoms with Crippen molar-refractivity contribution in [2.45, 2.75) is 25.8 Å². The topological polar surface area (TPSA) is 75.4 Å². The fourth-order valence-electron chi connectivity index (χ4n) is 2.40. The van der Waals surface area contributed by atoms with E-state index in [2.05, 4.69) is 12.2 Å². The van der Waals surface area contributed by atoms with Crippen LogP contribution < -0.4 is 11.1 Å². The molecule has 0 saturated carbocycles. The van der Waals surface area contributed by atoms with Gasteiger partial charge in [0.15, 0.2) is 0 Å². The maximum atomic E-state index is 12.1. The van der Waals surface area contributed by atoms with Crippen molar-refractivity contribution in [2.24, 2.45) is 17.6 Å². The predicted molar refractivity (Wildman–Crippen MR) is 66.7 cm³/mol. The lowest BCUT2D eigenvalue weighted by molar-refractivity contribution is -0.137. The molecule has 2 aliphatic rings. The summed E-state index contributed by atoms with van der Waals surface area (Å²) in [5, 5.41) is 2.70. The fourth-order valence-corrected chi connectivity index (χ4v) is 2.40. The number of rotatable bonds is 1. The molecular weight excluding hydrogens is 242 g/mol. The summed E-state index contributed by atoms with van der Waals surface area (Å²) in [6, 6.07) is 0.201. The number of carbonyl (C=O) groups excluding carboxylic acids is 2. The van der Waals surface area contributed by atoms with Crippen molar-refractivity contribution in [3.63, 3.8) is 0 Å². The molecular formula is C11H20ClN3O2. The Bertz CT molecular complexity index is 311.